The number of carbonyl (C=O) groups excluding carboxylic acids is 1. The van der Waals surface area contributed by atoms with Gasteiger partial charge in [-0.25, -0.2) is 23.1 Å². The SMILES string of the molecule is COC(=O)NS(=O)(=O)Nc1cc(F)c(F)cc1C(=O)O. The van der Waals surface area contributed by atoms with Crippen LogP contribution in [0.5, 0.6) is 0 Å². The highest BCUT2D eigenvalue weighted by atomic mass is 32.2. The average molecular weight is 310 g/mol. The molecule has 0 aliphatic rings. The first kappa shape index (κ1) is 15.6. The average Bonchev–Trinajstić information content (AvgIpc) is 2.31. The number of anilines is 1. The lowest BCUT2D eigenvalue weighted by atomic mass is 10.2. The van der Waals surface area contributed by atoms with Crippen LogP contribution >= 0.6 is 0 Å². The van der Waals surface area contributed by atoms with Crippen LogP contribution in [0.25, 0.3) is 0 Å². The van der Waals surface area contributed by atoms with Crippen LogP contribution in [0.2, 0.25) is 0 Å². The highest BCUT2D eigenvalue weighted by Crippen LogP contribution is 2.21. The molecular formula is C9H8F2N2O6S. The normalized spacial score (nSPS) is 10.8. The quantitative estimate of drug-likeness (QED) is 0.751. The third kappa shape index (κ3) is 3.78. The Morgan fingerprint density at radius 2 is 1.80 bits per heavy atom. The van der Waals surface area contributed by atoms with Gasteiger partial charge in [0, 0.05) is 6.07 Å². The number of methoxy groups -OCH3 is 1. The maximum absolute atomic E-state index is 13.0. The lowest BCUT2D eigenvalue weighted by Gasteiger charge is -2.11. The fourth-order valence-corrected chi connectivity index (χ4v) is 1.94. The van der Waals surface area contributed by atoms with Gasteiger partial charge in [-0.1, -0.05) is 0 Å². The molecule has 0 fully saturated rings. The summed E-state index contributed by atoms with van der Waals surface area (Å²) in [5, 5.41) is 8.77. The smallest absolute Gasteiger partial charge is 0.422 e. The summed E-state index contributed by atoms with van der Waals surface area (Å²) in [6, 6.07) is 0.628. The van der Waals surface area contributed by atoms with Gasteiger partial charge in [0.05, 0.1) is 18.4 Å². The summed E-state index contributed by atoms with van der Waals surface area (Å²) in [6.45, 7) is 0. The lowest BCUT2D eigenvalue weighted by Crippen LogP contribution is -2.35. The van der Waals surface area contributed by atoms with Crippen molar-refractivity contribution >= 4 is 28.0 Å². The molecule has 8 nitrogen and oxygen atoms in total. The second-order valence-electron chi connectivity index (χ2n) is 3.32. The minimum atomic E-state index is -4.56. The number of carboxylic acid groups (broad SMARTS) is 1. The van der Waals surface area contributed by atoms with E-state index in [1.165, 1.54) is 4.72 Å². The monoisotopic (exact) mass is 310 g/mol. The molecule has 3 N–H and O–H groups in total. The number of amides is 1. The van der Waals surface area contributed by atoms with Crippen molar-refractivity contribution in [3.63, 3.8) is 0 Å². The standard InChI is InChI=1S/C9H8F2N2O6S/c1-19-9(16)13-20(17,18)12-7-3-6(11)5(10)2-4(7)8(14)15/h2-3,12H,1H3,(H,13,16)(H,14,15). The number of halogens is 2. The van der Waals surface area contributed by atoms with Gasteiger partial charge in [-0.05, 0) is 6.07 Å². The summed E-state index contributed by atoms with van der Waals surface area (Å²) in [6.07, 6.45) is -1.35. The van der Waals surface area contributed by atoms with Crippen LogP contribution in [-0.4, -0.2) is 32.7 Å². The number of carbonyl (C=O) groups is 2. The molecule has 110 valence electrons. The number of rotatable bonds is 4. The van der Waals surface area contributed by atoms with Crippen molar-refractivity contribution in [2.24, 2.45) is 0 Å². The van der Waals surface area contributed by atoms with Crippen molar-refractivity contribution in [1.82, 2.24) is 4.72 Å². The fraction of sp³-hybridized carbons (Fsp3) is 0.111. The summed E-state index contributed by atoms with van der Waals surface area (Å²) in [5.74, 6) is -4.63. The zero-order chi connectivity index (χ0) is 15.5. The van der Waals surface area contributed by atoms with E-state index in [2.05, 4.69) is 4.74 Å². The van der Waals surface area contributed by atoms with Crippen LogP contribution in [0.3, 0.4) is 0 Å². The molecule has 1 aromatic rings. The Kier molecular flexibility index (Phi) is 4.45. The van der Waals surface area contributed by atoms with E-state index < -0.39 is 45.2 Å². The number of benzene rings is 1. The van der Waals surface area contributed by atoms with Crippen LogP contribution < -0.4 is 9.44 Å². The van der Waals surface area contributed by atoms with E-state index in [1.54, 1.807) is 4.72 Å². The predicted molar refractivity (Wildman–Crippen MR) is 61.4 cm³/mol. The van der Waals surface area contributed by atoms with E-state index in [4.69, 9.17) is 5.11 Å². The largest absolute Gasteiger partial charge is 0.478 e. The van der Waals surface area contributed by atoms with Crippen LogP contribution in [0, 0.1) is 11.6 Å². The molecule has 1 amide bonds. The molecule has 0 aliphatic carbocycles. The summed E-state index contributed by atoms with van der Waals surface area (Å²) < 4.78 is 55.7. The molecule has 20 heavy (non-hydrogen) atoms. The summed E-state index contributed by atoms with van der Waals surface area (Å²) >= 11 is 0. The van der Waals surface area contributed by atoms with Gasteiger partial charge in [0.2, 0.25) is 0 Å². The minimum absolute atomic E-state index is 0.299. The lowest BCUT2D eigenvalue weighted by molar-refractivity contribution is 0.0697. The van der Waals surface area contributed by atoms with Crippen LogP contribution in [0.1, 0.15) is 10.4 Å². The first-order chi connectivity index (χ1) is 9.16. The Labute approximate surface area is 111 Å². The topological polar surface area (TPSA) is 122 Å². The first-order valence-electron chi connectivity index (χ1n) is 4.77. The van der Waals surface area contributed by atoms with Gasteiger partial charge >= 0.3 is 22.3 Å². The van der Waals surface area contributed by atoms with Gasteiger partial charge in [-0.15, -0.1) is 0 Å². The van der Waals surface area contributed by atoms with Crippen molar-refractivity contribution in [3.05, 3.63) is 29.3 Å². The van der Waals surface area contributed by atoms with Crippen molar-refractivity contribution in [2.75, 3.05) is 11.8 Å². The van der Waals surface area contributed by atoms with E-state index in [9.17, 15) is 26.8 Å². The van der Waals surface area contributed by atoms with Gasteiger partial charge in [-0.3, -0.25) is 4.72 Å². The maximum Gasteiger partial charge on any atom is 0.422 e. The van der Waals surface area contributed by atoms with E-state index in [1.807, 2.05) is 0 Å². The first-order valence-corrected chi connectivity index (χ1v) is 6.25. The number of hydrogen-bond donors (Lipinski definition) is 3. The van der Waals surface area contributed by atoms with E-state index in [0.717, 1.165) is 7.11 Å². The van der Waals surface area contributed by atoms with Crippen LogP contribution in [-0.2, 0) is 14.9 Å². The van der Waals surface area contributed by atoms with Crippen molar-refractivity contribution in [3.8, 4) is 0 Å². The Hall–Kier alpha value is -2.43. The molecule has 0 spiro atoms. The van der Waals surface area contributed by atoms with Crippen LogP contribution in [0.4, 0.5) is 19.3 Å². The Balaban J connectivity index is 3.17. The Bertz CT molecular complexity index is 661. The molecule has 11 heteroatoms. The van der Waals surface area contributed by atoms with Gasteiger partial charge in [-0.2, -0.15) is 8.42 Å². The molecule has 0 heterocycles. The summed E-state index contributed by atoms with van der Waals surface area (Å²) in [4.78, 5) is 21.6. The van der Waals surface area contributed by atoms with E-state index in [0.29, 0.717) is 12.1 Å². The molecule has 0 atom stereocenters. The summed E-state index contributed by atoms with van der Waals surface area (Å²) in [7, 11) is -3.66. The molecule has 0 saturated carbocycles. The number of carboxylic acids is 1. The number of hydrogen-bond acceptors (Lipinski definition) is 5. The maximum atomic E-state index is 13.0. The van der Waals surface area contributed by atoms with Gasteiger partial charge < -0.3 is 9.84 Å². The number of ether oxygens (including phenoxy) is 1. The molecule has 1 rings (SSSR count). The zero-order valence-corrected chi connectivity index (χ0v) is 10.6. The summed E-state index contributed by atoms with van der Waals surface area (Å²) in [5.41, 5.74) is -1.59. The van der Waals surface area contributed by atoms with Gasteiger partial charge in [0.25, 0.3) is 0 Å². The molecule has 0 radical (unpaired) electrons. The number of nitrogens with one attached hydrogen (secondary N) is 2. The minimum Gasteiger partial charge on any atom is -0.478 e. The molecule has 0 unspecified atom stereocenters. The van der Waals surface area contributed by atoms with E-state index >= 15 is 0 Å². The third-order valence-electron chi connectivity index (χ3n) is 1.94. The van der Waals surface area contributed by atoms with Crippen molar-refractivity contribution < 1.29 is 36.6 Å². The molecule has 0 saturated heterocycles. The zero-order valence-electron chi connectivity index (χ0n) is 9.81. The van der Waals surface area contributed by atoms with Crippen molar-refractivity contribution in [2.45, 2.75) is 0 Å². The molecular weight excluding hydrogens is 302 g/mol. The highest BCUT2D eigenvalue weighted by Gasteiger charge is 2.21. The van der Waals surface area contributed by atoms with Gasteiger partial charge in [0.1, 0.15) is 0 Å². The van der Waals surface area contributed by atoms with Gasteiger partial charge in [0.15, 0.2) is 11.6 Å². The second-order valence-corrected chi connectivity index (χ2v) is 4.73. The molecule has 0 aliphatic heterocycles. The van der Waals surface area contributed by atoms with Crippen LogP contribution in [0.15, 0.2) is 12.1 Å². The molecule has 0 aromatic heterocycles. The Morgan fingerprint density at radius 3 is 2.30 bits per heavy atom. The number of aromatic carboxylic acids is 1. The molecule has 1 aromatic carbocycles. The third-order valence-corrected chi connectivity index (χ3v) is 2.86. The molecule has 0 bridgehead atoms. The highest BCUT2D eigenvalue weighted by molar-refractivity contribution is 7.91. The second kappa shape index (κ2) is 5.69. The Morgan fingerprint density at radius 1 is 1.25 bits per heavy atom. The fourth-order valence-electron chi connectivity index (χ4n) is 1.13. The van der Waals surface area contributed by atoms with E-state index in [-0.39, 0.29) is 0 Å². The predicted octanol–water partition coefficient (Wildman–Crippen LogP) is 0.676. The van der Waals surface area contributed by atoms with Crippen molar-refractivity contribution in [1.29, 1.82) is 0 Å².